The molecule has 1 saturated carbocycles. The van der Waals surface area contributed by atoms with E-state index >= 15 is 0 Å². The lowest BCUT2D eigenvalue weighted by Crippen LogP contribution is -2.33. The van der Waals surface area contributed by atoms with Gasteiger partial charge in [0, 0.05) is 5.41 Å². The molecule has 0 saturated heterocycles. The summed E-state index contributed by atoms with van der Waals surface area (Å²) >= 11 is 0. The normalized spacial score (nSPS) is 34.2. The quantitative estimate of drug-likeness (QED) is 0.637. The van der Waals surface area contributed by atoms with Crippen molar-refractivity contribution in [2.45, 2.75) is 45.3 Å². The maximum absolute atomic E-state index is 11.1. The SMILES string of the molecule is CCC1(CC)CC(O)C(=O)C1O. The molecule has 0 spiro atoms. The molecule has 12 heavy (non-hydrogen) atoms. The van der Waals surface area contributed by atoms with Gasteiger partial charge in [0.25, 0.3) is 0 Å². The summed E-state index contributed by atoms with van der Waals surface area (Å²) in [5, 5.41) is 18.8. The third kappa shape index (κ3) is 1.17. The van der Waals surface area contributed by atoms with E-state index in [2.05, 4.69) is 0 Å². The number of carbonyl (C=O) groups excluding carboxylic acids is 1. The minimum Gasteiger partial charge on any atom is -0.385 e. The highest BCUT2D eigenvalue weighted by Crippen LogP contribution is 2.42. The van der Waals surface area contributed by atoms with Gasteiger partial charge in [-0.1, -0.05) is 13.8 Å². The van der Waals surface area contributed by atoms with Crippen LogP contribution in [0, 0.1) is 5.41 Å². The Morgan fingerprint density at radius 1 is 1.42 bits per heavy atom. The molecule has 2 atom stereocenters. The van der Waals surface area contributed by atoms with Crippen LogP contribution in [-0.2, 0) is 4.79 Å². The van der Waals surface area contributed by atoms with Crippen molar-refractivity contribution < 1.29 is 15.0 Å². The van der Waals surface area contributed by atoms with E-state index in [0.717, 1.165) is 12.8 Å². The monoisotopic (exact) mass is 172 g/mol. The van der Waals surface area contributed by atoms with Crippen molar-refractivity contribution in [3.8, 4) is 0 Å². The number of aliphatic hydroxyl groups is 2. The first kappa shape index (κ1) is 9.68. The Morgan fingerprint density at radius 3 is 2.08 bits per heavy atom. The van der Waals surface area contributed by atoms with Gasteiger partial charge in [-0.25, -0.2) is 0 Å². The van der Waals surface area contributed by atoms with E-state index in [1.54, 1.807) is 0 Å². The molecule has 0 aromatic carbocycles. The van der Waals surface area contributed by atoms with Gasteiger partial charge in [-0.15, -0.1) is 0 Å². The fraction of sp³-hybridized carbons (Fsp3) is 0.889. The molecular formula is C9H16O3. The molecule has 1 aliphatic rings. The van der Waals surface area contributed by atoms with Gasteiger partial charge >= 0.3 is 0 Å². The zero-order valence-electron chi connectivity index (χ0n) is 7.58. The Morgan fingerprint density at radius 2 is 1.92 bits per heavy atom. The molecule has 0 amide bonds. The molecule has 1 fully saturated rings. The number of hydrogen-bond donors (Lipinski definition) is 2. The van der Waals surface area contributed by atoms with Crippen LogP contribution < -0.4 is 0 Å². The van der Waals surface area contributed by atoms with Crippen molar-refractivity contribution in [1.29, 1.82) is 0 Å². The molecule has 0 radical (unpaired) electrons. The Hall–Kier alpha value is -0.410. The average Bonchev–Trinajstić information content (AvgIpc) is 2.30. The highest BCUT2D eigenvalue weighted by molar-refractivity contribution is 5.90. The minimum absolute atomic E-state index is 0.365. The van der Waals surface area contributed by atoms with Crippen molar-refractivity contribution in [2.24, 2.45) is 5.41 Å². The Labute approximate surface area is 72.4 Å². The second-order valence-corrected chi connectivity index (χ2v) is 3.59. The highest BCUT2D eigenvalue weighted by atomic mass is 16.3. The number of aliphatic hydroxyl groups excluding tert-OH is 2. The van der Waals surface area contributed by atoms with Crippen LogP contribution in [0.15, 0.2) is 0 Å². The van der Waals surface area contributed by atoms with Gasteiger partial charge in [0.2, 0.25) is 0 Å². The fourth-order valence-electron chi connectivity index (χ4n) is 2.01. The third-order valence-electron chi connectivity index (χ3n) is 3.19. The molecule has 0 aliphatic heterocycles. The van der Waals surface area contributed by atoms with Gasteiger partial charge in [-0.2, -0.15) is 0 Å². The largest absolute Gasteiger partial charge is 0.385 e. The smallest absolute Gasteiger partial charge is 0.190 e. The number of ketones is 1. The van der Waals surface area contributed by atoms with Crippen LogP contribution in [-0.4, -0.2) is 28.2 Å². The summed E-state index contributed by atoms with van der Waals surface area (Å²) in [5.41, 5.74) is -0.365. The van der Waals surface area contributed by atoms with E-state index in [-0.39, 0.29) is 5.41 Å². The van der Waals surface area contributed by atoms with Gasteiger partial charge < -0.3 is 10.2 Å². The maximum atomic E-state index is 11.1. The summed E-state index contributed by atoms with van der Waals surface area (Å²) in [7, 11) is 0. The molecule has 1 aliphatic carbocycles. The standard InChI is InChI=1S/C9H16O3/c1-3-9(4-2)5-6(10)7(11)8(9)12/h6,8,10,12H,3-5H2,1-2H3. The first-order valence-corrected chi connectivity index (χ1v) is 4.47. The number of Topliss-reactive ketones (excluding diaryl/α,β-unsaturated/α-hetero) is 1. The molecule has 0 bridgehead atoms. The maximum Gasteiger partial charge on any atom is 0.190 e. The van der Waals surface area contributed by atoms with E-state index in [1.165, 1.54) is 0 Å². The predicted octanol–water partition coefficient (Wildman–Crippen LogP) is 0.487. The van der Waals surface area contributed by atoms with E-state index in [1.807, 2.05) is 13.8 Å². The van der Waals surface area contributed by atoms with E-state index < -0.39 is 18.0 Å². The Kier molecular flexibility index (Phi) is 2.54. The van der Waals surface area contributed by atoms with Gasteiger partial charge in [0.1, 0.15) is 12.2 Å². The van der Waals surface area contributed by atoms with Crippen LogP contribution in [0.3, 0.4) is 0 Å². The molecule has 70 valence electrons. The Bertz CT molecular complexity index is 184. The van der Waals surface area contributed by atoms with Crippen molar-refractivity contribution >= 4 is 5.78 Å². The lowest BCUT2D eigenvalue weighted by atomic mass is 9.79. The fourth-order valence-corrected chi connectivity index (χ4v) is 2.01. The van der Waals surface area contributed by atoms with E-state index in [4.69, 9.17) is 0 Å². The summed E-state index contributed by atoms with van der Waals surface area (Å²) in [6.45, 7) is 3.88. The van der Waals surface area contributed by atoms with Crippen LogP contribution >= 0.6 is 0 Å². The molecule has 0 aromatic rings. The summed E-state index contributed by atoms with van der Waals surface area (Å²) in [6.07, 6.45) is 0.00315. The summed E-state index contributed by atoms with van der Waals surface area (Å²) in [6, 6.07) is 0. The predicted molar refractivity (Wildman–Crippen MR) is 44.7 cm³/mol. The molecule has 2 N–H and O–H groups in total. The average molecular weight is 172 g/mol. The zero-order valence-corrected chi connectivity index (χ0v) is 7.58. The molecule has 3 heteroatoms. The minimum atomic E-state index is -0.956. The second-order valence-electron chi connectivity index (χ2n) is 3.59. The van der Waals surface area contributed by atoms with Crippen LogP contribution in [0.4, 0.5) is 0 Å². The summed E-state index contributed by atoms with van der Waals surface area (Å²) < 4.78 is 0. The Balaban J connectivity index is 2.86. The van der Waals surface area contributed by atoms with Gasteiger partial charge in [-0.05, 0) is 19.3 Å². The second kappa shape index (κ2) is 3.15. The topological polar surface area (TPSA) is 57.5 Å². The highest BCUT2D eigenvalue weighted by Gasteiger charge is 2.49. The number of carbonyl (C=O) groups is 1. The first-order chi connectivity index (χ1) is 5.57. The van der Waals surface area contributed by atoms with Gasteiger partial charge in [0.15, 0.2) is 5.78 Å². The van der Waals surface area contributed by atoms with Crippen molar-refractivity contribution in [2.75, 3.05) is 0 Å². The molecule has 1 rings (SSSR count). The van der Waals surface area contributed by atoms with Gasteiger partial charge in [0.05, 0.1) is 0 Å². The van der Waals surface area contributed by atoms with Crippen LogP contribution in [0.2, 0.25) is 0 Å². The molecular weight excluding hydrogens is 156 g/mol. The molecule has 0 aromatic heterocycles. The van der Waals surface area contributed by atoms with Crippen LogP contribution in [0.1, 0.15) is 33.1 Å². The summed E-state index contributed by atoms with van der Waals surface area (Å²) in [5.74, 6) is -0.404. The van der Waals surface area contributed by atoms with E-state index in [9.17, 15) is 15.0 Å². The van der Waals surface area contributed by atoms with Crippen molar-refractivity contribution in [3.05, 3.63) is 0 Å². The van der Waals surface area contributed by atoms with Crippen molar-refractivity contribution in [3.63, 3.8) is 0 Å². The summed E-state index contributed by atoms with van der Waals surface area (Å²) in [4.78, 5) is 11.1. The lowest BCUT2D eigenvalue weighted by Gasteiger charge is -2.28. The molecule has 3 nitrogen and oxygen atoms in total. The number of rotatable bonds is 2. The van der Waals surface area contributed by atoms with Crippen molar-refractivity contribution in [1.82, 2.24) is 0 Å². The van der Waals surface area contributed by atoms with Crippen LogP contribution in [0.25, 0.3) is 0 Å². The third-order valence-corrected chi connectivity index (χ3v) is 3.19. The first-order valence-electron chi connectivity index (χ1n) is 4.47. The lowest BCUT2D eigenvalue weighted by molar-refractivity contribution is -0.133. The van der Waals surface area contributed by atoms with Gasteiger partial charge in [-0.3, -0.25) is 4.79 Å². The zero-order chi connectivity index (χ0) is 9.35. The van der Waals surface area contributed by atoms with Crippen LogP contribution in [0.5, 0.6) is 0 Å². The number of hydrogen-bond acceptors (Lipinski definition) is 3. The molecule has 2 unspecified atom stereocenters. The molecule has 0 heterocycles. The van der Waals surface area contributed by atoms with E-state index in [0.29, 0.717) is 6.42 Å².